The number of benzene rings is 1. The first-order valence-electron chi connectivity index (χ1n) is 5.15. The maximum atomic E-state index is 12.6. The molecule has 0 amide bonds. The van der Waals surface area contributed by atoms with Gasteiger partial charge in [-0.3, -0.25) is 0 Å². The van der Waals surface area contributed by atoms with Gasteiger partial charge in [0.1, 0.15) is 0 Å². The molecule has 1 heterocycles. The monoisotopic (exact) mass is 274 g/mol. The van der Waals surface area contributed by atoms with Crippen LogP contribution in [0.4, 0.5) is 13.2 Å². The Kier molecular flexibility index (Phi) is 3.06. The van der Waals surface area contributed by atoms with Crippen LogP contribution in [-0.2, 0) is 12.7 Å². The molecular formula is C10H9F3N4O2. The first kappa shape index (κ1) is 13.1. The summed E-state index contributed by atoms with van der Waals surface area (Å²) in [6, 6.07) is 2.64. The Morgan fingerprint density at radius 3 is 2.21 bits per heavy atom. The second-order valence-electron chi connectivity index (χ2n) is 3.74. The van der Waals surface area contributed by atoms with E-state index in [1.54, 1.807) is 0 Å². The van der Waals surface area contributed by atoms with Gasteiger partial charge in [0.25, 0.3) is 0 Å². The molecule has 0 aliphatic rings. The van der Waals surface area contributed by atoms with Gasteiger partial charge in [0.15, 0.2) is 0 Å². The predicted molar refractivity (Wildman–Crippen MR) is 59.9 cm³/mol. The maximum Gasteiger partial charge on any atom is 0.416 e. The Hall–Kier alpha value is -2.29. The summed E-state index contributed by atoms with van der Waals surface area (Å²) in [4.78, 5) is 22.8. The van der Waals surface area contributed by atoms with E-state index in [1.807, 2.05) is 10.2 Å². The topological polar surface area (TPSA) is 96.7 Å². The van der Waals surface area contributed by atoms with Gasteiger partial charge in [0.2, 0.25) is 0 Å². The minimum absolute atomic E-state index is 0.0167. The van der Waals surface area contributed by atoms with Crippen molar-refractivity contribution < 1.29 is 13.2 Å². The highest BCUT2D eigenvalue weighted by atomic mass is 19.4. The van der Waals surface area contributed by atoms with Crippen LogP contribution < -0.4 is 17.1 Å². The van der Waals surface area contributed by atoms with E-state index >= 15 is 0 Å². The summed E-state index contributed by atoms with van der Waals surface area (Å²) in [7, 11) is 0. The number of nitrogens with two attached hydrogens (primary N) is 1. The van der Waals surface area contributed by atoms with Gasteiger partial charge in [0.05, 0.1) is 11.3 Å². The van der Waals surface area contributed by atoms with Crippen LogP contribution in [0, 0.1) is 0 Å². The molecule has 0 aliphatic heterocycles. The van der Waals surface area contributed by atoms with E-state index in [2.05, 4.69) is 0 Å². The molecule has 0 bridgehead atoms. The van der Waals surface area contributed by atoms with E-state index in [1.165, 1.54) is 0 Å². The quantitative estimate of drug-likeness (QED) is 0.736. The number of H-pyrrole nitrogens is 2. The number of aromatic nitrogens is 3. The summed E-state index contributed by atoms with van der Waals surface area (Å²) >= 11 is 0. The second kappa shape index (κ2) is 4.43. The molecule has 1 aromatic heterocycles. The van der Waals surface area contributed by atoms with Crippen molar-refractivity contribution in [2.45, 2.75) is 12.7 Å². The Morgan fingerprint density at radius 1 is 1.16 bits per heavy atom. The molecule has 2 rings (SSSR count). The SMILES string of the molecule is NCc1cc(C(F)(F)F)ccc1-n1c(=O)[nH][nH]c1=O. The standard InChI is InChI=1S/C10H9F3N4O2/c11-10(12,13)6-1-2-7(5(3-6)4-14)17-8(18)15-16-9(17)19/h1-3H,4,14H2,(H,15,18)(H,16,19). The highest BCUT2D eigenvalue weighted by Crippen LogP contribution is 2.30. The van der Waals surface area contributed by atoms with E-state index in [9.17, 15) is 22.8 Å². The molecule has 0 saturated carbocycles. The molecular weight excluding hydrogens is 265 g/mol. The van der Waals surface area contributed by atoms with Gasteiger partial charge in [0, 0.05) is 6.54 Å². The average Bonchev–Trinajstić information content (AvgIpc) is 2.67. The lowest BCUT2D eigenvalue weighted by Gasteiger charge is -2.11. The van der Waals surface area contributed by atoms with Crippen LogP contribution in [0.1, 0.15) is 11.1 Å². The molecule has 2 aromatic rings. The minimum Gasteiger partial charge on any atom is -0.326 e. The van der Waals surface area contributed by atoms with Crippen LogP contribution in [0.15, 0.2) is 27.8 Å². The van der Waals surface area contributed by atoms with Crippen molar-refractivity contribution in [3.8, 4) is 5.69 Å². The van der Waals surface area contributed by atoms with Crippen LogP contribution in [-0.4, -0.2) is 14.8 Å². The molecule has 6 nitrogen and oxygen atoms in total. The highest BCUT2D eigenvalue weighted by Gasteiger charge is 2.31. The van der Waals surface area contributed by atoms with Gasteiger partial charge in [-0.1, -0.05) is 0 Å². The first-order chi connectivity index (χ1) is 8.84. The third-order valence-corrected chi connectivity index (χ3v) is 2.55. The van der Waals surface area contributed by atoms with Crippen molar-refractivity contribution in [2.75, 3.05) is 0 Å². The Bertz CT molecular complexity index is 683. The summed E-state index contributed by atoms with van der Waals surface area (Å²) in [5, 5.41) is 4.08. The Morgan fingerprint density at radius 2 is 1.74 bits per heavy atom. The third kappa shape index (κ3) is 2.32. The molecule has 1 aromatic carbocycles. The fourth-order valence-corrected chi connectivity index (χ4v) is 1.67. The van der Waals surface area contributed by atoms with Crippen molar-refractivity contribution >= 4 is 0 Å². The van der Waals surface area contributed by atoms with Crippen LogP contribution in [0.5, 0.6) is 0 Å². The number of nitrogens with one attached hydrogen (secondary N) is 2. The maximum absolute atomic E-state index is 12.6. The number of aromatic amines is 2. The van der Waals surface area contributed by atoms with E-state index in [0.29, 0.717) is 4.57 Å². The minimum atomic E-state index is -4.52. The normalized spacial score (nSPS) is 11.8. The molecule has 0 saturated heterocycles. The molecule has 0 unspecified atom stereocenters. The number of hydrogen-bond acceptors (Lipinski definition) is 3. The molecule has 0 radical (unpaired) electrons. The lowest BCUT2D eigenvalue weighted by molar-refractivity contribution is -0.137. The third-order valence-electron chi connectivity index (χ3n) is 2.55. The van der Waals surface area contributed by atoms with Gasteiger partial charge in [-0.05, 0) is 23.8 Å². The van der Waals surface area contributed by atoms with Gasteiger partial charge < -0.3 is 5.73 Å². The second-order valence-corrected chi connectivity index (χ2v) is 3.74. The summed E-state index contributed by atoms with van der Waals surface area (Å²) in [5.41, 5.74) is 2.98. The molecule has 19 heavy (non-hydrogen) atoms. The highest BCUT2D eigenvalue weighted by molar-refractivity contribution is 5.44. The van der Waals surface area contributed by atoms with Crippen LogP contribution >= 0.6 is 0 Å². The molecule has 0 fully saturated rings. The zero-order valence-corrected chi connectivity index (χ0v) is 9.41. The number of nitrogens with zero attached hydrogens (tertiary/aromatic N) is 1. The zero-order chi connectivity index (χ0) is 14.2. The number of halogens is 3. The molecule has 0 atom stereocenters. The fourth-order valence-electron chi connectivity index (χ4n) is 1.67. The molecule has 4 N–H and O–H groups in total. The van der Waals surface area contributed by atoms with Gasteiger partial charge in [-0.15, -0.1) is 0 Å². The summed E-state index contributed by atoms with van der Waals surface area (Å²) in [6.45, 7) is -0.240. The van der Waals surface area contributed by atoms with Gasteiger partial charge in [-0.2, -0.15) is 13.2 Å². The summed E-state index contributed by atoms with van der Waals surface area (Å²) < 4.78 is 38.3. The summed E-state index contributed by atoms with van der Waals surface area (Å²) in [5.74, 6) is 0. The van der Waals surface area contributed by atoms with Crippen molar-refractivity contribution in [3.05, 3.63) is 50.3 Å². The molecule has 0 aliphatic carbocycles. The predicted octanol–water partition coefficient (Wildman–Crippen LogP) is 0.331. The van der Waals surface area contributed by atoms with Crippen LogP contribution in [0.3, 0.4) is 0 Å². The number of rotatable bonds is 2. The van der Waals surface area contributed by atoms with Crippen molar-refractivity contribution in [1.29, 1.82) is 0 Å². The summed E-state index contributed by atoms with van der Waals surface area (Å²) in [6.07, 6.45) is -4.52. The van der Waals surface area contributed by atoms with E-state index in [-0.39, 0.29) is 17.8 Å². The van der Waals surface area contributed by atoms with E-state index in [0.717, 1.165) is 18.2 Å². The zero-order valence-electron chi connectivity index (χ0n) is 9.41. The fraction of sp³-hybridized carbons (Fsp3) is 0.200. The van der Waals surface area contributed by atoms with E-state index < -0.39 is 23.1 Å². The van der Waals surface area contributed by atoms with Crippen LogP contribution in [0.25, 0.3) is 5.69 Å². The van der Waals surface area contributed by atoms with Crippen molar-refractivity contribution in [3.63, 3.8) is 0 Å². The largest absolute Gasteiger partial charge is 0.416 e. The molecule has 102 valence electrons. The molecule has 0 spiro atoms. The lowest BCUT2D eigenvalue weighted by atomic mass is 10.1. The number of alkyl halides is 3. The number of hydrogen-bond donors (Lipinski definition) is 3. The molecule has 9 heteroatoms. The van der Waals surface area contributed by atoms with Crippen LogP contribution in [0.2, 0.25) is 0 Å². The average molecular weight is 274 g/mol. The lowest BCUT2D eigenvalue weighted by Crippen LogP contribution is -2.26. The van der Waals surface area contributed by atoms with Gasteiger partial charge in [-0.25, -0.2) is 24.4 Å². The Labute approximate surface area is 103 Å². The van der Waals surface area contributed by atoms with Crippen molar-refractivity contribution in [2.24, 2.45) is 5.73 Å². The smallest absolute Gasteiger partial charge is 0.326 e. The Balaban J connectivity index is 2.67. The first-order valence-corrected chi connectivity index (χ1v) is 5.15. The van der Waals surface area contributed by atoms with Gasteiger partial charge >= 0.3 is 17.6 Å². The van der Waals surface area contributed by atoms with E-state index in [4.69, 9.17) is 5.73 Å². The van der Waals surface area contributed by atoms with Crippen molar-refractivity contribution in [1.82, 2.24) is 14.8 Å².